The smallest absolute Gasteiger partial charge is 0.326 e. The minimum Gasteiger partial charge on any atom is -0.508 e. The highest BCUT2D eigenvalue weighted by Crippen LogP contribution is 2.40. The van der Waals surface area contributed by atoms with Crippen LogP contribution in [0.2, 0.25) is 0 Å². The molecule has 24 heavy (non-hydrogen) atoms. The predicted molar refractivity (Wildman–Crippen MR) is 91.6 cm³/mol. The van der Waals surface area contributed by atoms with Crippen LogP contribution < -0.4 is 24.4 Å². The number of ether oxygens (including phenoxy) is 3. The lowest BCUT2D eigenvalue weighted by Crippen LogP contribution is -2.31. The van der Waals surface area contributed by atoms with E-state index in [0.717, 1.165) is 0 Å². The number of benzene rings is 2. The molecule has 0 fully saturated rings. The second-order valence-electron chi connectivity index (χ2n) is 4.92. The number of carbonyl (C=O) groups excluding carboxylic acids is 1. The molecule has 7 heteroatoms. The summed E-state index contributed by atoms with van der Waals surface area (Å²) >= 11 is 0. The van der Waals surface area contributed by atoms with Crippen molar-refractivity contribution in [1.29, 1.82) is 0 Å². The van der Waals surface area contributed by atoms with Gasteiger partial charge in [0.15, 0.2) is 11.5 Å². The molecule has 0 aliphatic rings. The average molecular weight is 332 g/mol. The molecule has 0 spiro atoms. The molecule has 0 atom stereocenters. The molecule has 2 amide bonds. The number of hydrogen-bond donors (Lipinski definition) is 2. The van der Waals surface area contributed by atoms with E-state index in [1.807, 2.05) is 0 Å². The third-order valence-electron chi connectivity index (χ3n) is 3.46. The summed E-state index contributed by atoms with van der Waals surface area (Å²) in [6, 6.07) is 9.24. The summed E-state index contributed by atoms with van der Waals surface area (Å²) in [5.41, 5.74) is 1.14. The van der Waals surface area contributed by atoms with Crippen LogP contribution in [0.4, 0.5) is 16.2 Å². The number of anilines is 2. The summed E-state index contributed by atoms with van der Waals surface area (Å²) in [5, 5.41) is 12.1. The minimum absolute atomic E-state index is 0.136. The van der Waals surface area contributed by atoms with Crippen LogP contribution in [-0.4, -0.2) is 39.5 Å². The highest BCUT2D eigenvalue weighted by molar-refractivity contribution is 6.01. The van der Waals surface area contributed by atoms with Gasteiger partial charge in [-0.25, -0.2) is 4.79 Å². The fourth-order valence-electron chi connectivity index (χ4n) is 2.15. The highest BCUT2D eigenvalue weighted by Gasteiger charge is 2.16. The van der Waals surface area contributed by atoms with Gasteiger partial charge in [-0.1, -0.05) is 0 Å². The lowest BCUT2D eigenvalue weighted by molar-refractivity contribution is 0.258. The fourth-order valence-corrected chi connectivity index (χ4v) is 2.15. The summed E-state index contributed by atoms with van der Waals surface area (Å²) in [6.07, 6.45) is 0. The van der Waals surface area contributed by atoms with Crippen molar-refractivity contribution in [1.82, 2.24) is 0 Å². The maximum atomic E-state index is 12.4. The van der Waals surface area contributed by atoms with Crippen molar-refractivity contribution in [2.24, 2.45) is 0 Å². The van der Waals surface area contributed by atoms with Crippen molar-refractivity contribution in [3.8, 4) is 23.0 Å². The molecule has 2 aromatic carbocycles. The van der Waals surface area contributed by atoms with Crippen LogP contribution >= 0.6 is 0 Å². The topological polar surface area (TPSA) is 80.3 Å². The minimum atomic E-state index is -0.352. The van der Waals surface area contributed by atoms with E-state index in [1.54, 1.807) is 31.3 Å². The number of nitrogens with one attached hydrogen (secondary N) is 1. The maximum absolute atomic E-state index is 12.4. The van der Waals surface area contributed by atoms with Crippen LogP contribution in [0.5, 0.6) is 23.0 Å². The molecule has 0 aromatic heterocycles. The molecule has 0 saturated heterocycles. The SMILES string of the molecule is COc1cc(NC(=O)N(C)c2ccc(O)cc2)cc(OC)c1OC. The van der Waals surface area contributed by atoms with Gasteiger partial charge < -0.3 is 24.6 Å². The molecule has 0 saturated carbocycles. The third-order valence-corrected chi connectivity index (χ3v) is 3.46. The average Bonchev–Trinajstić information content (AvgIpc) is 2.60. The lowest BCUT2D eigenvalue weighted by atomic mass is 10.2. The molecule has 2 aromatic rings. The molecule has 2 rings (SSSR count). The number of amides is 2. The number of methoxy groups -OCH3 is 3. The Bertz CT molecular complexity index is 690. The van der Waals surface area contributed by atoms with E-state index < -0.39 is 0 Å². The number of phenolic OH excluding ortho intramolecular Hbond substituents is 1. The Labute approximate surface area is 140 Å². The van der Waals surface area contributed by atoms with Crippen molar-refractivity contribution in [3.63, 3.8) is 0 Å². The van der Waals surface area contributed by atoms with E-state index >= 15 is 0 Å². The fraction of sp³-hybridized carbons (Fsp3) is 0.235. The van der Waals surface area contributed by atoms with Crippen molar-refractivity contribution < 1.29 is 24.1 Å². The van der Waals surface area contributed by atoms with Crippen molar-refractivity contribution in [2.45, 2.75) is 0 Å². The number of carbonyl (C=O) groups is 1. The molecule has 2 N–H and O–H groups in total. The van der Waals surface area contributed by atoms with Crippen molar-refractivity contribution in [3.05, 3.63) is 36.4 Å². The summed E-state index contributed by atoms with van der Waals surface area (Å²) in [5.74, 6) is 1.47. The van der Waals surface area contributed by atoms with Crippen LogP contribution in [0.15, 0.2) is 36.4 Å². The summed E-state index contributed by atoms with van der Waals surface area (Å²) in [4.78, 5) is 13.8. The first-order valence-electron chi connectivity index (χ1n) is 7.14. The van der Waals surface area contributed by atoms with E-state index in [4.69, 9.17) is 14.2 Å². The number of phenols is 1. The molecule has 128 valence electrons. The molecular formula is C17H20N2O5. The second kappa shape index (κ2) is 7.45. The van der Waals surface area contributed by atoms with E-state index in [-0.39, 0.29) is 11.8 Å². The summed E-state index contributed by atoms with van der Waals surface area (Å²) in [7, 11) is 6.15. The summed E-state index contributed by atoms with van der Waals surface area (Å²) < 4.78 is 15.8. The first-order valence-corrected chi connectivity index (χ1v) is 7.14. The van der Waals surface area contributed by atoms with Crippen molar-refractivity contribution >= 4 is 17.4 Å². The van der Waals surface area contributed by atoms with Crippen LogP contribution in [-0.2, 0) is 0 Å². The van der Waals surface area contributed by atoms with Gasteiger partial charge in [-0.3, -0.25) is 4.90 Å². The van der Waals surface area contributed by atoms with Crippen LogP contribution in [0.3, 0.4) is 0 Å². The standard InChI is InChI=1S/C17H20N2O5/c1-19(12-5-7-13(20)8-6-12)17(21)18-11-9-14(22-2)16(24-4)15(10-11)23-3/h5-10,20H,1-4H3,(H,18,21). The van der Waals surface area contributed by atoms with Gasteiger partial charge >= 0.3 is 6.03 Å². The molecule has 0 aliphatic heterocycles. The highest BCUT2D eigenvalue weighted by atomic mass is 16.5. The molecule has 7 nitrogen and oxygen atoms in total. The van der Waals surface area contributed by atoms with Gasteiger partial charge in [0.2, 0.25) is 5.75 Å². The number of nitrogens with zero attached hydrogens (tertiary/aromatic N) is 1. The quantitative estimate of drug-likeness (QED) is 0.879. The normalized spacial score (nSPS) is 10.0. The Hall–Kier alpha value is -3.09. The van der Waals surface area contributed by atoms with E-state index in [2.05, 4.69) is 5.32 Å². The van der Waals surface area contributed by atoms with E-state index in [9.17, 15) is 9.90 Å². The Morgan fingerprint density at radius 2 is 1.54 bits per heavy atom. The Morgan fingerprint density at radius 3 is 2.00 bits per heavy atom. The largest absolute Gasteiger partial charge is 0.508 e. The second-order valence-corrected chi connectivity index (χ2v) is 4.92. The van der Waals surface area contributed by atoms with Gasteiger partial charge in [-0.15, -0.1) is 0 Å². The molecule has 0 unspecified atom stereocenters. The van der Waals surface area contributed by atoms with Crippen LogP contribution in [0.25, 0.3) is 0 Å². The van der Waals surface area contributed by atoms with Gasteiger partial charge in [-0.05, 0) is 24.3 Å². The number of aromatic hydroxyl groups is 1. The van der Waals surface area contributed by atoms with Crippen LogP contribution in [0, 0.1) is 0 Å². The zero-order valence-electron chi connectivity index (χ0n) is 14.0. The first-order chi connectivity index (χ1) is 11.5. The third kappa shape index (κ3) is 3.62. The molecule has 0 aliphatic carbocycles. The predicted octanol–water partition coefficient (Wildman–Crippen LogP) is 3.09. The molecule has 0 radical (unpaired) electrons. The van der Waals surface area contributed by atoms with E-state index in [0.29, 0.717) is 28.6 Å². The van der Waals surface area contributed by atoms with Crippen molar-refractivity contribution in [2.75, 3.05) is 38.6 Å². The van der Waals surface area contributed by atoms with Gasteiger partial charge in [0.25, 0.3) is 0 Å². The lowest BCUT2D eigenvalue weighted by Gasteiger charge is -2.19. The van der Waals surface area contributed by atoms with Gasteiger partial charge in [0, 0.05) is 24.9 Å². The Morgan fingerprint density at radius 1 is 1.00 bits per heavy atom. The van der Waals surface area contributed by atoms with E-state index in [1.165, 1.54) is 38.4 Å². The zero-order valence-corrected chi connectivity index (χ0v) is 14.0. The van der Waals surface area contributed by atoms with Gasteiger partial charge in [0.05, 0.1) is 27.0 Å². The van der Waals surface area contributed by atoms with Gasteiger partial charge in [-0.2, -0.15) is 0 Å². The number of hydrogen-bond acceptors (Lipinski definition) is 5. The summed E-state index contributed by atoms with van der Waals surface area (Å²) in [6.45, 7) is 0. The molecule has 0 heterocycles. The Kier molecular flexibility index (Phi) is 5.36. The van der Waals surface area contributed by atoms with Gasteiger partial charge in [0.1, 0.15) is 5.75 Å². The monoisotopic (exact) mass is 332 g/mol. The maximum Gasteiger partial charge on any atom is 0.326 e. The Balaban J connectivity index is 2.23. The molecule has 0 bridgehead atoms. The van der Waals surface area contributed by atoms with Crippen LogP contribution in [0.1, 0.15) is 0 Å². The first kappa shape index (κ1) is 17.3. The molecular weight excluding hydrogens is 312 g/mol. The number of urea groups is 1. The zero-order chi connectivity index (χ0) is 17.7. The number of rotatable bonds is 5.